The highest BCUT2D eigenvalue weighted by atomic mass is 15.1. The van der Waals surface area contributed by atoms with Crippen LogP contribution in [0.15, 0.2) is 30.5 Å². The molecule has 0 atom stereocenters. The highest BCUT2D eigenvalue weighted by molar-refractivity contribution is 6.02. The highest BCUT2D eigenvalue weighted by Crippen LogP contribution is 2.20. The van der Waals surface area contributed by atoms with Gasteiger partial charge >= 0.3 is 0 Å². The molecule has 2 aromatic heterocycles. The molecule has 1 aromatic carbocycles. The largest absolute Gasteiger partial charge is 0.232 e. The van der Waals surface area contributed by atoms with Gasteiger partial charge in [-0.1, -0.05) is 0 Å². The van der Waals surface area contributed by atoms with E-state index in [2.05, 4.69) is 20.2 Å². The first-order valence-corrected chi connectivity index (χ1v) is 4.69. The topological polar surface area (TPSA) is 51.6 Å². The second kappa shape index (κ2) is 2.95. The predicted octanol–water partition coefficient (Wildman–Crippen LogP) is 1.88. The number of fused-ring (bicyclic) bond motifs is 3. The molecule has 0 fully saturated rings. The fourth-order valence-electron chi connectivity index (χ4n) is 1.68. The number of rotatable bonds is 0. The van der Waals surface area contributed by atoms with Crippen molar-refractivity contribution >= 4 is 21.9 Å². The summed E-state index contributed by atoms with van der Waals surface area (Å²) in [5, 5.41) is 8.97. The zero-order chi connectivity index (χ0) is 10.3. The number of aromatic nitrogens is 4. The van der Waals surface area contributed by atoms with Crippen LogP contribution in [0.1, 0.15) is 5.82 Å². The third-order valence-electron chi connectivity index (χ3n) is 2.31. The minimum atomic E-state index is 0.789. The summed E-state index contributed by atoms with van der Waals surface area (Å²) in [5.41, 5.74) is 2.65. The van der Waals surface area contributed by atoms with Crippen LogP contribution in [-0.2, 0) is 0 Å². The Balaban J connectivity index is 2.60. The molecule has 0 bridgehead atoms. The smallest absolute Gasteiger partial charge is 0.126 e. The van der Waals surface area contributed by atoms with E-state index in [-0.39, 0.29) is 0 Å². The summed E-state index contributed by atoms with van der Waals surface area (Å²) in [6.45, 7) is 1.89. The molecule has 4 heteroatoms. The van der Waals surface area contributed by atoms with E-state index >= 15 is 0 Å². The number of nitrogens with zero attached hydrogens (tertiary/aromatic N) is 4. The summed E-state index contributed by atoms with van der Waals surface area (Å²) < 4.78 is 0. The van der Waals surface area contributed by atoms with E-state index < -0.39 is 0 Å². The average Bonchev–Trinajstić information content (AvgIpc) is 2.48. The molecule has 0 amide bonds. The number of imidazole rings is 1. The zero-order valence-corrected chi connectivity index (χ0v) is 8.18. The van der Waals surface area contributed by atoms with Gasteiger partial charge in [-0.15, -0.1) is 0 Å². The van der Waals surface area contributed by atoms with Crippen LogP contribution in [0.3, 0.4) is 0 Å². The van der Waals surface area contributed by atoms with E-state index in [0.29, 0.717) is 0 Å². The van der Waals surface area contributed by atoms with Gasteiger partial charge in [0.05, 0.1) is 11.0 Å². The number of benzene rings is 1. The normalized spacial score (nSPS) is 11.0. The fraction of sp³-hybridized carbons (Fsp3) is 0.0909. The highest BCUT2D eigenvalue weighted by Gasteiger charge is 2.04. The molecule has 0 radical (unpaired) electrons. The van der Waals surface area contributed by atoms with Crippen molar-refractivity contribution in [2.75, 3.05) is 0 Å². The molecule has 0 unspecified atom stereocenters. The van der Waals surface area contributed by atoms with Gasteiger partial charge in [0.15, 0.2) is 0 Å². The van der Waals surface area contributed by atoms with Crippen LogP contribution < -0.4 is 0 Å². The van der Waals surface area contributed by atoms with E-state index in [9.17, 15) is 0 Å². The number of hydrogen-bond acceptors (Lipinski definition) is 4. The number of hydrogen-bond donors (Lipinski definition) is 0. The molecule has 2 heterocycles. The maximum atomic E-state index is 4.39. The summed E-state index contributed by atoms with van der Waals surface area (Å²) in [6.07, 6.45) is 1.66. The van der Waals surface area contributed by atoms with Gasteiger partial charge in [0.25, 0.3) is 0 Å². The minimum absolute atomic E-state index is 0.789. The maximum absolute atomic E-state index is 4.39. The van der Waals surface area contributed by atoms with E-state index in [1.54, 1.807) is 6.20 Å². The molecule has 4 nitrogen and oxygen atoms in total. The monoisotopic (exact) mass is 196 g/mol. The molecular formula is C11H8N4. The molecule has 15 heavy (non-hydrogen) atoms. The summed E-state index contributed by atoms with van der Waals surface area (Å²) in [5.74, 6) is 0.789. The number of aryl methyl sites for hydroxylation is 1. The molecule has 0 spiro atoms. The Hall–Kier alpha value is -2.10. The average molecular weight is 196 g/mol. The van der Waals surface area contributed by atoms with Crippen molar-refractivity contribution < 1.29 is 0 Å². The van der Waals surface area contributed by atoms with Crippen molar-refractivity contribution in [2.45, 2.75) is 6.92 Å². The summed E-state index contributed by atoms with van der Waals surface area (Å²) >= 11 is 0. The first kappa shape index (κ1) is 8.23. The zero-order valence-electron chi connectivity index (χ0n) is 8.18. The van der Waals surface area contributed by atoms with Crippen LogP contribution >= 0.6 is 0 Å². The molecule has 0 aliphatic heterocycles. The van der Waals surface area contributed by atoms with Gasteiger partial charge in [-0.2, -0.15) is 10.2 Å². The van der Waals surface area contributed by atoms with Crippen LogP contribution in [0.4, 0.5) is 0 Å². The van der Waals surface area contributed by atoms with Crippen molar-refractivity contribution in [1.29, 1.82) is 0 Å². The Kier molecular flexibility index (Phi) is 1.62. The Labute approximate surface area is 86.0 Å². The third kappa shape index (κ3) is 1.22. The quantitative estimate of drug-likeness (QED) is 0.551. The lowest BCUT2D eigenvalue weighted by molar-refractivity contribution is 1.09. The maximum Gasteiger partial charge on any atom is 0.126 e. The summed E-state index contributed by atoms with van der Waals surface area (Å²) in [4.78, 5) is 8.71. The SMILES string of the molecule is Cc1nc2ccc3nncccc3c2n1. The Morgan fingerprint density at radius 2 is 1.87 bits per heavy atom. The van der Waals surface area contributed by atoms with Crippen molar-refractivity contribution in [3.63, 3.8) is 0 Å². The lowest BCUT2D eigenvalue weighted by Crippen LogP contribution is -1.76. The van der Waals surface area contributed by atoms with Gasteiger partial charge in [0, 0.05) is 11.6 Å². The van der Waals surface area contributed by atoms with Crippen molar-refractivity contribution in [3.05, 3.63) is 36.3 Å². The van der Waals surface area contributed by atoms with E-state index in [4.69, 9.17) is 0 Å². The first-order chi connectivity index (χ1) is 7.34. The molecule has 3 rings (SSSR count). The molecule has 0 saturated carbocycles. The molecule has 0 saturated heterocycles. The van der Waals surface area contributed by atoms with Gasteiger partial charge < -0.3 is 0 Å². The van der Waals surface area contributed by atoms with Crippen molar-refractivity contribution in [2.24, 2.45) is 0 Å². The fourth-order valence-corrected chi connectivity index (χ4v) is 1.68. The minimum Gasteiger partial charge on any atom is -0.232 e. The standard InChI is InChI=1S/C11H8N4/c1-7-13-10-5-4-9-8(11(10)14-7)3-2-6-12-15-9/h2-6H,1H3. The lowest BCUT2D eigenvalue weighted by Gasteiger charge is -1.90. The lowest BCUT2D eigenvalue weighted by atomic mass is 10.2. The van der Waals surface area contributed by atoms with Crippen LogP contribution in [0.5, 0.6) is 0 Å². The molecule has 0 aliphatic carbocycles. The van der Waals surface area contributed by atoms with Crippen molar-refractivity contribution in [1.82, 2.24) is 20.2 Å². The second-order valence-electron chi connectivity index (χ2n) is 3.36. The molecule has 0 aliphatic rings. The molecule has 72 valence electrons. The van der Waals surface area contributed by atoms with Gasteiger partial charge in [-0.05, 0) is 31.2 Å². The Morgan fingerprint density at radius 1 is 1.00 bits per heavy atom. The van der Waals surface area contributed by atoms with Crippen LogP contribution in [0, 0.1) is 6.92 Å². The van der Waals surface area contributed by atoms with Gasteiger partial charge in [-0.3, -0.25) is 0 Å². The second-order valence-corrected chi connectivity index (χ2v) is 3.36. The third-order valence-corrected chi connectivity index (χ3v) is 2.31. The molecule has 3 aromatic rings. The van der Waals surface area contributed by atoms with Gasteiger partial charge in [-0.25, -0.2) is 9.97 Å². The molecular weight excluding hydrogens is 188 g/mol. The van der Waals surface area contributed by atoms with Gasteiger partial charge in [0.2, 0.25) is 0 Å². The Morgan fingerprint density at radius 3 is 2.80 bits per heavy atom. The van der Waals surface area contributed by atoms with E-state index in [0.717, 1.165) is 27.8 Å². The predicted molar refractivity (Wildman–Crippen MR) is 57.4 cm³/mol. The molecule has 0 N–H and O–H groups in total. The summed E-state index contributed by atoms with van der Waals surface area (Å²) in [6, 6.07) is 7.66. The van der Waals surface area contributed by atoms with Crippen LogP contribution in [0.2, 0.25) is 0 Å². The van der Waals surface area contributed by atoms with Crippen LogP contribution in [0.25, 0.3) is 21.9 Å². The van der Waals surface area contributed by atoms with E-state index in [1.165, 1.54) is 0 Å². The van der Waals surface area contributed by atoms with Gasteiger partial charge in [0.1, 0.15) is 11.3 Å². The van der Waals surface area contributed by atoms with Crippen LogP contribution in [-0.4, -0.2) is 20.2 Å². The summed E-state index contributed by atoms with van der Waals surface area (Å²) in [7, 11) is 0. The first-order valence-electron chi connectivity index (χ1n) is 4.69. The van der Waals surface area contributed by atoms with E-state index in [1.807, 2.05) is 31.2 Å². The van der Waals surface area contributed by atoms with Crippen molar-refractivity contribution in [3.8, 4) is 0 Å². The Bertz CT molecular complexity index is 648.